The Morgan fingerprint density at radius 2 is 1.81 bits per heavy atom. The van der Waals surface area contributed by atoms with Crippen molar-refractivity contribution in [3.8, 4) is 11.5 Å². The zero-order valence-corrected chi connectivity index (χ0v) is 8.21. The molecule has 5 heteroatoms. The third-order valence-electron chi connectivity index (χ3n) is 2.65. The maximum Gasteiger partial charge on any atom is 0.156 e. The molecule has 0 amide bonds. The highest BCUT2D eigenvalue weighted by Crippen LogP contribution is 2.44. The van der Waals surface area contributed by atoms with Crippen molar-refractivity contribution in [3.05, 3.63) is 29.3 Å². The summed E-state index contributed by atoms with van der Waals surface area (Å²) < 4.78 is 0. The monoisotopic (exact) mass is 222 g/mol. The summed E-state index contributed by atoms with van der Waals surface area (Å²) >= 11 is 0. The number of rotatable bonds is 1. The second-order valence-electron chi connectivity index (χ2n) is 3.69. The summed E-state index contributed by atoms with van der Waals surface area (Å²) in [5, 5.41) is 38.7. The van der Waals surface area contributed by atoms with Gasteiger partial charge in [0.1, 0.15) is 17.3 Å². The van der Waals surface area contributed by atoms with Gasteiger partial charge in [-0.1, -0.05) is 0 Å². The molecule has 0 aliphatic heterocycles. The van der Waals surface area contributed by atoms with Gasteiger partial charge in [0.25, 0.3) is 0 Å². The second kappa shape index (κ2) is 3.24. The summed E-state index contributed by atoms with van der Waals surface area (Å²) in [5.74, 6) is -0.918. The normalized spacial score (nSPS) is 23.4. The first-order valence-corrected chi connectivity index (χ1v) is 4.63. The Hall–Kier alpha value is -2.01. The molecule has 0 saturated carbocycles. The number of fused-ring (bicyclic) bond motifs is 1. The topological polar surface area (TPSA) is 98.0 Å². The van der Waals surface area contributed by atoms with E-state index in [-0.39, 0.29) is 41.1 Å². The smallest absolute Gasteiger partial charge is 0.156 e. The number of hydrogen-bond acceptors (Lipinski definition) is 5. The van der Waals surface area contributed by atoms with Crippen LogP contribution in [0.15, 0.2) is 18.2 Å². The summed E-state index contributed by atoms with van der Waals surface area (Å²) in [5.41, 5.74) is -2.19. The molecule has 1 unspecified atom stereocenters. The van der Waals surface area contributed by atoms with Crippen molar-refractivity contribution in [2.45, 2.75) is 12.0 Å². The van der Waals surface area contributed by atoms with E-state index in [0.29, 0.717) is 0 Å². The molecule has 1 aromatic rings. The van der Waals surface area contributed by atoms with Gasteiger partial charge < -0.3 is 20.4 Å². The van der Waals surface area contributed by atoms with Crippen LogP contribution in [-0.4, -0.2) is 26.7 Å². The summed E-state index contributed by atoms with van der Waals surface area (Å²) in [4.78, 5) is 10.9. The van der Waals surface area contributed by atoms with Crippen LogP contribution in [0.2, 0.25) is 0 Å². The number of hydrogen-bond donors (Lipinski definition) is 4. The Morgan fingerprint density at radius 3 is 2.44 bits per heavy atom. The summed E-state index contributed by atoms with van der Waals surface area (Å²) in [6, 6.07) is 2.33. The molecule has 0 fully saturated rings. The van der Waals surface area contributed by atoms with E-state index in [1.807, 2.05) is 0 Å². The van der Waals surface area contributed by atoms with Crippen molar-refractivity contribution in [2.24, 2.45) is 0 Å². The van der Waals surface area contributed by atoms with E-state index in [1.54, 1.807) is 0 Å². The van der Waals surface area contributed by atoms with Crippen molar-refractivity contribution in [1.29, 1.82) is 0 Å². The van der Waals surface area contributed by atoms with Crippen LogP contribution in [0.1, 0.15) is 17.5 Å². The molecule has 0 spiro atoms. The van der Waals surface area contributed by atoms with Crippen molar-refractivity contribution in [3.63, 3.8) is 0 Å². The minimum absolute atomic E-state index is 0.110. The molecule has 0 aromatic heterocycles. The fourth-order valence-electron chi connectivity index (χ4n) is 1.84. The van der Waals surface area contributed by atoms with Crippen LogP contribution in [0.3, 0.4) is 0 Å². The zero-order chi connectivity index (χ0) is 11.9. The SMILES string of the molecule is O=CC1(O)CC=C(O)c2c(O)ccc(O)c21. The predicted molar refractivity (Wildman–Crippen MR) is 55.0 cm³/mol. The van der Waals surface area contributed by atoms with Crippen LogP contribution in [0.4, 0.5) is 0 Å². The molecule has 2 rings (SSSR count). The third-order valence-corrected chi connectivity index (χ3v) is 2.65. The summed E-state index contributed by atoms with van der Waals surface area (Å²) in [6.07, 6.45) is 1.34. The highest BCUT2D eigenvalue weighted by molar-refractivity contribution is 5.81. The van der Waals surface area contributed by atoms with E-state index in [0.717, 1.165) is 6.07 Å². The highest BCUT2D eigenvalue weighted by atomic mass is 16.3. The molecule has 84 valence electrons. The fraction of sp³-hybridized carbons (Fsp3) is 0.182. The minimum atomic E-state index is -1.91. The van der Waals surface area contributed by atoms with Gasteiger partial charge in [0.15, 0.2) is 11.9 Å². The van der Waals surface area contributed by atoms with E-state index in [2.05, 4.69) is 0 Å². The number of carbonyl (C=O) groups excluding carboxylic acids is 1. The largest absolute Gasteiger partial charge is 0.508 e. The van der Waals surface area contributed by atoms with Gasteiger partial charge in [-0.25, -0.2) is 0 Å². The van der Waals surface area contributed by atoms with Gasteiger partial charge in [0.2, 0.25) is 0 Å². The molecule has 0 bridgehead atoms. The zero-order valence-electron chi connectivity index (χ0n) is 8.21. The van der Waals surface area contributed by atoms with Crippen LogP contribution in [0, 0.1) is 0 Å². The maximum atomic E-state index is 10.9. The van der Waals surface area contributed by atoms with E-state index < -0.39 is 5.60 Å². The van der Waals surface area contributed by atoms with Gasteiger partial charge in [-0.15, -0.1) is 0 Å². The van der Waals surface area contributed by atoms with Gasteiger partial charge in [0.05, 0.1) is 5.56 Å². The maximum absolute atomic E-state index is 10.9. The molecule has 1 atom stereocenters. The number of phenols is 2. The molecular formula is C11H10O5. The average molecular weight is 222 g/mol. The Balaban J connectivity index is 2.82. The third kappa shape index (κ3) is 1.25. The molecule has 5 nitrogen and oxygen atoms in total. The van der Waals surface area contributed by atoms with Crippen molar-refractivity contribution < 1.29 is 25.2 Å². The summed E-state index contributed by atoms with van der Waals surface area (Å²) in [6.45, 7) is 0. The van der Waals surface area contributed by atoms with Gasteiger partial charge in [-0.05, 0) is 18.2 Å². The lowest BCUT2D eigenvalue weighted by molar-refractivity contribution is -0.124. The van der Waals surface area contributed by atoms with Crippen LogP contribution < -0.4 is 0 Å². The van der Waals surface area contributed by atoms with Crippen molar-refractivity contribution in [2.75, 3.05) is 0 Å². The number of benzene rings is 1. The Morgan fingerprint density at radius 1 is 1.19 bits per heavy atom. The lowest BCUT2D eigenvalue weighted by atomic mass is 9.82. The number of aromatic hydroxyl groups is 2. The molecule has 16 heavy (non-hydrogen) atoms. The van der Waals surface area contributed by atoms with Gasteiger partial charge in [0, 0.05) is 12.0 Å². The van der Waals surface area contributed by atoms with Gasteiger partial charge >= 0.3 is 0 Å². The van der Waals surface area contributed by atoms with Gasteiger partial charge in [-0.3, -0.25) is 4.79 Å². The van der Waals surface area contributed by atoms with E-state index in [9.17, 15) is 25.2 Å². The van der Waals surface area contributed by atoms with Crippen molar-refractivity contribution >= 4 is 12.0 Å². The fourth-order valence-corrected chi connectivity index (χ4v) is 1.84. The first-order valence-electron chi connectivity index (χ1n) is 4.63. The molecule has 4 N–H and O–H groups in total. The molecular weight excluding hydrogens is 212 g/mol. The number of aliphatic hydroxyl groups is 2. The molecule has 1 aliphatic carbocycles. The first-order chi connectivity index (χ1) is 7.49. The molecule has 1 aliphatic rings. The highest BCUT2D eigenvalue weighted by Gasteiger charge is 2.38. The molecule has 0 heterocycles. The number of phenolic OH excluding ortho intramolecular Hbond substituents is 2. The average Bonchev–Trinajstić information content (AvgIpc) is 2.27. The number of carbonyl (C=O) groups is 1. The standard InChI is InChI=1S/C11H10O5/c12-5-11(16)4-3-7(14)9-6(13)1-2-8(15)10(9)11/h1-3,5,13-16H,4H2. The van der Waals surface area contributed by atoms with Gasteiger partial charge in [-0.2, -0.15) is 0 Å². The first kappa shape index (κ1) is 10.5. The Bertz CT molecular complexity index is 491. The Labute approximate surface area is 90.9 Å². The lowest BCUT2D eigenvalue weighted by Crippen LogP contribution is -2.30. The second-order valence-corrected chi connectivity index (χ2v) is 3.69. The number of aliphatic hydroxyl groups excluding tert-OH is 1. The summed E-state index contributed by atoms with van der Waals surface area (Å²) in [7, 11) is 0. The minimum Gasteiger partial charge on any atom is -0.508 e. The van der Waals surface area contributed by atoms with E-state index >= 15 is 0 Å². The molecule has 1 aromatic carbocycles. The van der Waals surface area contributed by atoms with E-state index in [4.69, 9.17) is 0 Å². The molecule has 0 saturated heterocycles. The predicted octanol–water partition coefficient (Wildman–Crippen LogP) is 0.787. The molecule has 0 radical (unpaired) electrons. The quantitative estimate of drug-likeness (QED) is 0.416. The van der Waals surface area contributed by atoms with E-state index in [1.165, 1.54) is 12.1 Å². The van der Waals surface area contributed by atoms with Crippen LogP contribution in [0.5, 0.6) is 11.5 Å². The lowest BCUT2D eigenvalue weighted by Gasteiger charge is -2.28. The van der Waals surface area contributed by atoms with Crippen LogP contribution >= 0.6 is 0 Å². The van der Waals surface area contributed by atoms with Crippen LogP contribution in [-0.2, 0) is 10.4 Å². The Kier molecular flexibility index (Phi) is 2.13. The van der Waals surface area contributed by atoms with Crippen molar-refractivity contribution in [1.82, 2.24) is 0 Å². The van der Waals surface area contributed by atoms with Crippen LogP contribution in [0.25, 0.3) is 5.76 Å². The number of aldehydes is 1.